The Morgan fingerprint density at radius 1 is 0.412 bits per heavy atom. The van der Waals surface area contributed by atoms with Gasteiger partial charge in [-0.15, -0.1) is 0 Å². The van der Waals surface area contributed by atoms with E-state index >= 15 is 0 Å². The molecule has 0 aliphatic carbocycles. The molecule has 0 spiro atoms. The topological polar surface area (TPSA) is 0 Å². The molecule has 0 aromatic carbocycles. The number of nitrogens with zero attached hydrogens (tertiary/aromatic N) is 2. The van der Waals surface area contributed by atoms with Crippen LogP contribution in [0, 0.1) is 0 Å². The van der Waals surface area contributed by atoms with Gasteiger partial charge in [0.15, 0.2) is 0 Å². The van der Waals surface area contributed by atoms with Crippen LogP contribution in [0.15, 0.2) is 0 Å². The van der Waals surface area contributed by atoms with Crippen LogP contribution in [0.1, 0.15) is 158 Å². The van der Waals surface area contributed by atoms with E-state index in [1.165, 1.54) is 188 Å². The Morgan fingerprint density at radius 2 is 0.588 bits per heavy atom. The fraction of sp³-hybridized carbons (Fsp3) is 0.895. The van der Waals surface area contributed by atoms with Gasteiger partial charge in [0.05, 0.1) is 69.9 Å². The summed E-state index contributed by atoms with van der Waals surface area (Å²) in [7, 11) is 0. The maximum Gasteiger partial charge on any atom is 2.00 e. The molecule has 2 saturated heterocycles. The summed E-state index contributed by atoms with van der Waals surface area (Å²) < 4.78 is 6.73. The fourth-order valence-electron chi connectivity index (χ4n) is 5.88. The first-order valence-electron chi connectivity index (χ1n) is 19.8. The van der Waals surface area contributed by atoms with E-state index in [2.05, 4.69) is 80.6 Å². The molecule has 0 N–H and O–H groups in total. The second-order valence-electron chi connectivity index (χ2n) is 13.6. The molecule has 2 rings (SSSR count). The SMILES string of the molecule is CCCC[N+](CCCC)(CCCC)CCCC.CCCC[N+](CCCC)(CCCC)CCCC.S=C1SC(=S)C(S)S1.S=C1SC(=S)C(S)S1.[Zn+2]. The van der Waals surface area contributed by atoms with Crippen LogP contribution in [0.25, 0.3) is 0 Å². The van der Waals surface area contributed by atoms with E-state index < -0.39 is 0 Å². The Kier molecular flexibility index (Phi) is 44.0. The van der Waals surface area contributed by atoms with Crippen molar-refractivity contribution < 1.29 is 28.4 Å². The minimum absolute atomic E-state index is 0. The van der Waals surface area contributed by atoms with Crippen molar-refractivity contribution in [3.8, 4) is 0 Å². The molecule has 0 radical (unpaired) electrons. The van der Waals surface area contributed by atoms with E-state index in [-0.39, 0.29) is 28.6 Å². The molecule has 2 atom stereocenters. The molecule has 0 amide bonds. The molecular formula is C38H76N2S10Zn+4. The second-order valence-corrected chi connectivity index (χ2v) is 23.4. The quantitative estimate of drug-likeness (QED) is 0.0420. The molecule has 0 aromatic rings. The van der Waals surface area contributed by atoms with Gasteiger partial charge in [0.25, 0.3) is 0 Å². The Hall–Kier alpha value is 3.00. The van der Waals surface area contributed by atoms with Gasteiger partial charge in [-0.2, -0.15) is 25.3 Å². The van der Waals surface area contributed by atoms with Crippen LogP contribution in [0.5, 0.6) is 0 Å². The van der Waals surface area contributed by atoms with Gasteiger partial charge in [-0.05, 0) is 51.4 Å². The van der Waals surface area contributed by atoms with Crippen molar-refractivity contribution in [3.63, 3.8) is 0 Å². The van der Waals surface area contributed by atoms with Crippen molar-refractivity contribution in [2.75, 3.05) is 52.4 Å². The van der Waals surface area contributed by atoms with Crippen LogP contribution in [-0.2, 0) is 19.5 Å². The molecule has 0 bridgehead atoms. The fourth-order valence-corrected chi connectivity index (χ4v) is 13.4. The predicted molar refractivity (Wildman–Crippen MR) is 265 cm³/mol. The van der Waals surface area contributed by atoms with E-state index in [0.29, 0.717) is 0 Å². The first-order valence-corrected chi connectivity index (χ1v) is 25.9. The number of hydrogen-bond donors (Lipinski definition) is 2. The van der Waals surface area contributed by atoms with Gasteiger partial charge >= 0.3 is 19.5 Å². The summed E-state index contributed by atoms with van der Waals surface area (Å²) in [6.45, 7) is 30.0. The van der Waals surface area contributed by atoms with E-state index in [9.17, 15) is 0 Å². The normalized spacial score (nSPS) is 17.2. The third-order valence-electron chi connectivity index (χ3n) is 9.07. The summed E-state index contributed by atoms with van der Waals surface area (Å²) in [6, 6.07) is 0. The maximum atomic E-state index is 4.90. The van der Waals surface area contributed by atoms with Crippen LogP contribution in [0.2, 0.25) is 0 Å². The first kappa shape index (κ1) is 58.3. The van der Waals surface area contributed by atoms with Crippen molar-refractivity contribution in [2.45, 2.75) is 167 Å². The van der Waals surface area contributed by atoms with Crippen LogP contribution in [0.4, 0.5) is 0 Å². The molecule has 13 heteroatoms. The molecule has 296 valence electrons. The van der Waals surface area contributed by atoms with Gasteiger partial charge in [0, 0.05) is 0 Å². The van der Waals surface area contributed by atoms with Crippen LogP contribution in [-0.4, -0.2) is 85.9 Å². The van der Waals surface area contributed by atoms with Gasteiger partial charge in [-0.1, -0.05) is 203 Å². The molecule has 0 saturated carbocycles. The average molecular weight is 947 g/mol. The van der Waals surface area contributed by atoms with E-state index in [1.54, 1.807) is 23.5 Å². The summed E-state index contributed by atoms with van der Waals surface area (Å²) in [5.74, 6) is 0. The molecule has 2 nitrogen and oxygen atoms in total. The minimum Gasteiger partial charge on any atom is -0.324 e. The smallest absolute Gasteiger partial charge is 0.324 e. The zero-order chi connectivity index (χ0) is 38.3. The van der Waals surface area contributed by atoms with Crippen molar-refractivity contribution in [1.82, 2.24) is 0 Å². The maximum absolute atomic E-state index is 4.90. The van der Waals surface area contributed by atoms with Gasteiger partial charge in [-0.3, -0.25) is 0 Å². The molecule has 51 heavy (non-hydrogen) atoms. The zero-order valence-electron chi connectivity index (χ0n) is 33.9. The second kappa shape index (κ2) is 38.5. The van der Waals surface area contributed by atoms with E-state index in [4.69, 9.17) is 48.9 Å². The van der Waals surface area contributed by atoms with Gasteiger partial charge < -0.3 is 8.97 Å². The Morgan fingerprint density at radius 3 is 0.667 bits per heavy atom. The molecule has 2 unspecified atom stereocenters. The van der Waals surface area contributed by atoms with Crippen molar-refractivity contribution in [2.24, 2.45) is 0 Å². The molecule has 2 heterocycles. The Balaban J connectivity index is -0.000000630. The van der Waals surface area contributed by atoms with Gasteiger partial charge in [0.1, 0.15) is 7.06 Å². The zero-order valence-corrected chi connectivity index (χ0v) is 45.2. The predicted octanol–water partition coefficient (Wildman–Crippen LogP) is 14.7. The molecule has 2 aliphatic rings. The summed E-state index contributed by atoms with van der Waals surface area (Å²) in [5, 5.41) is 0. The van der Waals surface area contributed by atoms with Crippen molar-refractivity contribution >= 4 is 137 Å². The monoisotopic (exact) mass is 944 g/mol. The Labute approximate surface area is 380 Å². The largest absolute Gasteiger partial charge is 2.00 e. The summed E-state index contributed by atoms with van der Waals surface area (Å²) >= 11 is 33.9. The van der Waals surface area contributed by atoms with E-state index in [0.717, 1.165) is 15.5 Å². The average Bonchev–Trinajstić information content (AvgIpc) is 3.57. The van der Waals surface area contributed by atoms with Crippen molar-refractivity contribution in [1.29, 1.82) is 0 Å². The number of hydrogen-bond acceptors (Lipinski definition) is 10. The number of thioether (sulfide) groups is 4. The van der Waals surface area contributed by atoms with Gasteiger partial charge in [-0.25, -0.2) is 0 Å². The summed E-state index contributed by atoms with van der Waals surface area (Å²) in [6.07, 6.45) is 22.1. The molecule has 0 aromatic heterocycles. The minimum atomic E-state index is 0. The Bertz CT molecular complexity index is 748. The molecule has 2 aliphatic heterocycles. The number of thiol groups is 2. The number of unbranched alkanes of at least 4 members (excludes halogenated alkanes) is 8. The van der Waals surface area contributed by atoms with Crippen LogP contribution >= 0.6 is 121 Å². The first-order chi connectivity index (χ1) is 23.9. The third kappa shape index (κ3) is 30.7. The summed E-state index contributed by atoms with van der Waals surface area (Å²) in [5.41, 5.74) is 0. The molecule has 2 fully saturated rings. The van der Waals surface area contributed by atoms with Crippen LogP contribution < -0.4 is 0 Å². The number of rotatable bonds is 24. The number of quaternary nitrogens is 2. The third-order valence-corrected chi connectivity index (χ3v) is 17.2. The number of thiocarbonyl (C=S) groups is 4. The van der Waals surface area contributed by atoms with Crippen molar-refractivity contribution in [3.05, 3.63) is 0 Å². The standard InChI is InChI=1S/2C16H36N.2C3H2S5.Zn/c2*1-5-9-13-17(14-10-6-2,15-11-7-3)16-12-8-4;2*4-1-2(5)8-3(6)7-1;/h2*5-16H2,1-4H3;2*1,4H;/q2*+1;;;+2. The molecular weight excluding hydrogens is 870 g/mol. The van der Waals surface area contributed by atoms with E-state index in [1.807, 2.05) is 0 Å². The van der Waals surface area contributed by atoms with Gasteiger partial charge in [0.2, 0.25) is 0 Å². The van der Waals surface area contributed by atoms with Crippen LogP contribution in [0.3, 0.4) is 0 Å². The summed E-state index contributed by atoms with van der Waals surface area (Å²) in [4.78, 5) is 0.